The van der Waals surface area contributed by atoms with Crippen LogP contribution < -0.4 is 0 Å². The Morgan fingerprint density at radius 1 is 1.21 bits per heavy atom. The molecule has 82 valence electrons. The molecular weight excluding hydrogens is 172 g/mol. The minimum atomic E-state index is -0.124. The van der Waals surface area contributed by atoms with Gasteiger partial charge in [-0.2, -0.15) is 5.26 Å². The van der Waals surface area contributed by atoms with Gasteiger partial charge in [0.25, 0.3) is 0 Å². The Hall–Kier alpha value is -0.550. The Labute approximate surface area is 88.9 Å². The molecule has 0 radical (unpaired) electrons. The Kier molecular flexibility index (Phi) is 5.79. The zero-order chi connectivity index (χ0) is 11.2. The van der Waals surface area contributed by atoms with Crippen LogP contribution in [0, 0.1) is 22.7 Å². The van der Waals surface area contributed by atoms with Crippen LogP contribution >= 0.6 is 0 Å². The van der Waals surface area contributed by atoms with Gasteiger partial charge in [-0.05, 0) is 52.7 Å². The monoisotopic (exact) mass is 196 g/mol. The third-order valence-electron chi connectivity index (χ3n) is 3.03. The van der Waals surface area contributed by atoms with E-state index in [1.807, 2.05) is 13.8 Å². The predicted octanol–water partition coefficient (Wildman–Crippen LogP) is 2.90. The zero-order valence-electron chi connectivity index (χ0n) is 10.3. The second-order valence-corrected chi connectivity index (χ2v) is 4.41. The fourth-order valence-electron chi connectivity index (χ4n) is 1.82. The number of hydrogen-bond donors (Lipinski definition) is 0. The van der Waals surface area contributed by atoms with E-state index in [2.05, 4.69) is 31.9 Å². The van der Waals surface area contributed by atoms with E-state index in [4.69, 9.17) is 5.26 Å². The molecule has 0 amide bonds. The molecule has 0 atom stereocenters. The van der Waals surface area contributed by atoms with Crippen LogP contribution in [0.1, 0.15) is 40.5 Å². The standard InChI is InChI=1S/C10H18N2.C2H6/c1-10(2,8-11)9-4-6-12(3)7-5-9;1-2/h9H,4-7H2,1-3H3;1-2H3. The lowest BCUT2D eigenvalue weighted by molar-refractivity contribution is 0.152. The van der Waals surface area contributed by atoms with E-state index >= 15 is 0 Å². The van der Waals surface area contributed by atoms with E-state index in [-0.39, 0.29) is 5.41 Å². The van der Waals surface area contributed by atoms with Gasteiger partial charge in [0.15, 0.2) is 0 Å². The summed E-state index contributed by atoms with van der Waals surface area (Å²) in [6.45, 7) is 10.4. The maximum absolute atomic E-state index is 8.95. The highest BCUT2D eigenvalue weighted by molar-refractivity contribution is 4.98. The zero-order valence-corrected chi connectivity index (χ0v) is 10.3. The Bertz CT molecular complexity index is 183. The molecule has 2 heteroatoms. The van der Waals surface area contributed by atoms with Crippen LogP contribution in [0.3, 0.4) is 0 Å². The van der Waals surface area contributed by atoms with Gasteiger partial charge in [0.05, 0.1) is 11.5 Å². The highest BCUT2D eigenvalue weighted by Gasteiger charge is 2.31. The van der Waals surface area contributed by atoms with E-state index in [1.165, 1.54) is 12.8 Å². The molecule has 1 aliphatic rings. The molecule has 1 rings (SSSR count). The first kappa shape index (κ1) is 13.4. The van der Waals surface area contributed by atoms with Gasteiger partial charge in [-0.15, -0.1) is 0 Å². The van der Waals surface area contributed by atoms with Crippen molar-refractivity contribution in [1.29, 1.82) is 5.26 Å². The summed E-state index contributed by atoms with van der Waals surface area (Å²) in [7, 11) is 2.15. The molecular formula is C12H24N2. The average Bonchev–Trinajstić information content (AvgIpc) is 2.21. The molecule has 1 heterocycles. The molecule has 1 fully saturated rings. The first-order chi connectivity index (χ1) is 6.56. The quantitative estimate of drug-likeness (QED) is 0.645. The van der Waals surface area contributed by atoms with Crippen molar-refractivity contribution >= 4 is 0 Å². The molecule has 1 aliphatic heterocycles. The van der Waals surface area contributed by atoms with Crippen molar-refractivity contribution in [3.63, 3.8) is 0 Å². The summed E-state index contributed by atoms with van der Waals surface area (Å²) < 4.78 is 0. The normalized spacial score (nSPS) is 19.4. The third-order valence-corrected chi connectivity index (χ3v) is 3.03. The molecule has 0 saturated carbocycles. The number of likely N-dealkylation sites (tertiary alicyclic amines) is 1. The van der Waals surface area contributed by atoms with Crippen molar-refractivity contribution in [3.05, 3.63) is 0 Å². The Morgan fingerprint density at radius 3 is 2.00 bits per heavy atom. The Balaban J connectivity index is 0.000000791. The van der Waals surface area contributed by atoms with E-state index in [0.29, 0.717) is 5.92 Å². The predicted molar refractivity (Wildman–Crippen MR) is 61.0 cm³/mol. The molecule has 0 aromatic carbocycles. The molecule has 14 heavy (non-hydrogen) atoms. The van der Waals surface area contributed by atoms with Crippen LogP contribution in [0.25, 0.3) is 0 Å². The van der Waals surface area contributed by atoms with E-state index in [1.54, 1.807) is 0 Å². The maximum atomic E-state index is 8.95. The molecule has 0 unspecified atom stereocenters. The summed E-state index contributed by atoms with van der Waals surface area (Å²) in [5, 5.41) is 8.95. The van der Waals surface area contributed by atoms with Gasteiger partial charge in [-0.3, -0.25) is 0 Å². The van der Waals surface area contributed by atoms with Crippen molar-refractivity contribution in [2.24, 2.45) is 11.3 Å². The van der Waals surface area contributed by atoms with Gasteiger partial charge in [-0.1, -0.05) is 13.8 Å². The summed E-state index contributed by atoms with van der Waals surface area (Å²) >= 11 is 0. The van der Waals surface area contributed by atoms with Crippen molar-refractivity contribution < 1.29 is 0 Å². The Morgan fingerprint density at radius 2 is 1.64 bits per heavy atom. The third kappa shape index (κ3) is 3.67. The van der Waals surface area contributed by atoms with Gasteiger partial charge < -0.3 is 4.90 Å². The summed E-state index contributed by atoms with van der Waals surface area (Å²) in [6, 6.07) is 2.41. The van der Waals surface area contributed by atoms with E-state index in [0.717, 1.165) is 13.1 Å². The van der Waals surface area contributed by atoms with Gasteiger partial charge in [0.1, 0.15) is 0 Å². The summed E-state index contributed by atoms with van der Waals surface area (Å²) in [6.07, 6.45) is 2.36. The smallest absolute Gasteiger partial charge is 0.0686 e. The molecule has 2 nitrogen and oxygen atoms in total. The minimum absolute atomic E-state index is 0.124. The lowest BCUT2D eigenvalue weighted by Gasteiger charge is -2.35. The van der Waals surface area contributed by atoms with Gasteiger partial charge in [-0.25, -0.2) is 0 Å². The van der Waals surface area contributed by atoms with E-state index < -0.39 is 0 Å². The summed E-state index contributed by atoms with van der Waals surface area (Å²) in [4.78, 5) is 2.34. The number of nitriles is 1. The first-order valence-electron chi connectivity index (χ1n) is 5.66. The average molecular weight is 196 g/mol. The number of piperidine rings is 1. The molecule has 0 aromatic rings. The van der Waals surface area contributed by atoms with Crippen molar-refractivity contribution in [2.75, 3.05) is 20.1 Å². The first-order valence-corrected chi connectivity index (χ1v) is 5.66. The van der Waals surface area contributed by atoms with Crippen LogP contribution in [-0.4, -0.2) is 25.0 Å². The van der Waals surface area contributed by atoms with Crippen LogP contribution in [0.2, 0.25) is 0 Å². The molecule has 0 aliphatic carbocycles. The number of nitrogens with zero attached hydrogens (tertiary/aromatic N) is 2. The van der Waals surface area contributed by atoms with Crippen LogP contribution in [0.5, 0.6) is 0 Å². The molecule has 0 N–H and O–H groups in total. The lowest BCUT2D eigenvalue weighted by Crippen LogP contribution is -2.36. The molecule has 0 bridgehead atoms. The van der Waals surface area contributed by atoms with E-state index in [9.17, 15) is 0 Å². The van der Waals surface area contributed by atoms with Crippen LogP contribution in [-0.2, 0) is 0 Å². The number of hydrogen-bond acceptors (Lipinski definition) is 2. The van der Waals surface area contributed by atoms with Crippen molar-refractivity contribution in [3.8, 4) is 6.07 Å². The minimum Gasteiger partial charge on any atom is -0.306 e. The van der Waals surface area contributed by atoms with Crippen molar-refractivity contribution in [2.45, 2.75) is 40.5 Å². The van der Waals surface area contributed by atoms with Gasteiger partial charge in [0.2, 0.25) is 0 Å². The second kappa shape index (κ2) is 6.03. The number of rotatable bonds is 1. The highest BCUT2D eigenvalue weighted by atomic mass is 15.1. The SMILES string of the molecule is CC.CN1CCC(C(C)(C)C#N)CC1. The topological polar surface area (TPSA) is 27.0 Å². The fourth-order valence-corrected chi connectivity index (χ4v) is 1.82. The van der Waals surface area contributed by atoms with Crippen LogP contribution in [0.15, 0.2) is 0 Å². The van der Waals surface area contributed by atoms with Crippen LogP contribution in [0.4, 0.5) is 0 Å². The molecule has 0 aromatic heterocycles. The highest BCUT2D eigenvalue weighted by Crippen LogP contribution is 2.33. The molecule has 0 spiro atoms. The lowest BCUT2D eigenvalue weighted by atomic mass is 9.75. The van der Waals surface area contributed by atoms with Crippen molar-refractivity contribution in [1.82, 2.24) is 4.90 Å². The van der Waals surface area contributed by atoms with Gasteiger partial charge >= 0.3 is 0 Å². The maximum Gasteiger partial charge on any atom is 0.0686 e. The second-order valence-electron chi connectivity index (χ2n) is 4.41. The summed E-state index contributed by atoms with van der Waals surface area (Å²) in [5.41, 5.74) is -0.124. The molecule has 1 saturated heterocycles. The fraction of sp³-hybridized carbons (Fsp3) is 0.917. The summed E-state index contributed by atoms with van der Waals surface area (Å²) in [5.74, 6) is 0.596. The largest absolute Gasteiger partial charge is 0.306 e. The van der Waals surface area contributed by atoms with Gasteiger partial charge in [0, 0.05) is 0 Å².